The fraction of sp³-hybridized carbons (Fsp3) is 0.265. The molecule has 6 rings (SSSR count). The van der Waals surface area contributed by atoms with Crippen LogP contribution in [0.1, 0.15) is 42.5 Å². The van der Waals surface area contributed by atoms with Crippen LogP contribution in [0.4, 0.5) is 16.6 Å². The van der Waals surface area contributed by atoms with Gasteiger partial charge in [0.2, 0.25) is 5.95 Å². The Hall–Kier alpha value is -5.83. The number of aryl methyl sites for hydroxylation is 2. The molecule has 230 valence electrons. The minimum absolute atomic E-state index is 0.153. The molecule has 4 aromatic heterocycles. The number of nitrogens with zero attached hydrogens (tertiary/aromatic N) is 9. The number of anilines is 1. The number of pyridine rings is 1. The number of carbonyl (C=O) groups excluding carboxylic acids is 1. The van der Waals surface area contributed by atoms with Crippen LogP contribution < -0.4 is 10.6 Å². The first-order chi connectivity index (χ1) is 22.4. The van der Waals surface area contributed by atoms with Gasteiger partial charge in [-0.15, -0.1) is 4.98 Å². The number of benzene rings is 1. The number of carbonyl (C=O) groups is 1. The standard InChI is InChI=1S/C34H33N11O/c1-23-14-27(19-39-43-23)32-28(15-35)18-37-33(42-32)41-30-11-8-25(9-12-30)21-45(34(46)38-16-24-6-4-3-5-7-24)31-13-10-26(17-36-31)29-20-40-44(2)22-29/h3-7,10,13-14,17-22,25,30H,8-9,11-12,16H2,1-2H3,(H-,37,38,41,42,46)/p+1/b45-21-/t25-,30-. The molecule has 0 atom stereocenters. The molecule has 4 heterocycles. The summed E-state index contributed by atoms with van der Waals surface area (Å²) < 4.78 is 3.38. The van der Waals surface area contributed by atoms with Gasteiger partial charge < -0.3 is 5.32 Å². The summed E-state index contributed by atoms with van der Waals surface area (Å²) >= 11 is 0. The number of rotatable bonds is 8. The monoisotopic (exact) mass is 612 g/mol. The Balaban J connectivity index is 1.16. The molecule has 12 heteroatoms. The lowest BCUT2D eigenvalue weighted by Gasteiger charge is -2.27. The zero-order chi connectivity index (χ0) is 31.9. The highest BCUT2D eigenvalue weighted by atomic mass is 16.2. The SMILES string of the molecule is Cc1cc(-c2nc(N[C@H]3CC[C@H](/C=[N+](\C(=O)NCc4ccccc4)c4ccc(-c5cnn(C)c5)cn4)CC3)ncc2C#N)cnn1. The smallest absolute Gasteiger partial charge is 0.351 e. The third-order valence-electron chi connectivity index (χ3n) is 7.96. The summed E-state index contributed by atoms with van der Waals surface area (Å²) in [4.78, 5) is 27.3. The van der Waals surface area contributed by atoms with E-state index in [1.807, 2.05) is 74.9 Å². The number of nitriles is 1. The van der Waals surface area contributed by atoms with Gasteiger partial charge >= 0.3 is 6.03 Å². The molecule has 12 nitrogen and oxygen atoms in total. The summed E-state index contributed by atoms with van der Waals surface area (Å²) in [6.45, 7) is 2.26. The van der Waals surface area contributed by atoms with E-state index in [-0.39, 0.29) is 18.0 Å². The van der Waals surface area contributed by atoms with Crippen LogP contribution in [-0.4, -0.2) is 57.8 Å². The summed E-state index contributed by atoms with van der Waals surface area (Å²) in [5.74, 6) is 1.19. The highest BCUT2D eigenvalue weighted by molar-refractivity contribution is 5.75. The van der Waals surface area contributed by atoms with Crippen molar-refractivity contribution in [2.45, 2.75) is 45.2 Å². The van der Waals surface area contributed by atoms with Gasteiger partial charge in [-0.1, -0.05) is 30.3 Å². The Morgan fingerprint density at radius 1 is 1.02 bits per heavy atom. The molecule has 0 unspecified atom stereocenters. The molecule has 0 aliphatic heterocycles. The van der Waals surface area contributed by atoms with E-state index in [1.54, 1.807) is 34.0 Å². The summed E-state index contributed by atoms with van der Waals surface area (Å²) in [6.07, 6.45) is 14.1. The third-order valence-corrected chi connectivity index (χ3v) is 7.96. The maximum Gasteiger partial charge on any atom is 0.441 e. The van der Waals surface area contributed by atoms with Crippen LogP contribution in [-0.2, 0) is 13.6 Å². The Bertz CT molecular complexity index is 1890. The third kappa shape index (κ3) is 7.27. The number of amides is 2. The predicted molar refractivity (Wildman–Crippen MR) is 173 cm³/mol. The first-order valence-electron chi connectivity index (χ1n) is 15.2. The van der Waals surface area contributed by atoms with Crippen molar-refractivity contribution in [2.75, 3.05) is 5.32 Å². The molecular weight excluding hydrogens is 578 g/mol. The van der Waals surface area contributed by atoms with Crippen molar-refractivity contribution in [1.82, 2.24) is 40.2 Å². The Labute approximate surface area is 266 Å². The predicted octanol–water partition coefficient (Wildman–Crippen LogP) is 5.20. The van der Waals surface area contributed by atoms with E-state index in [9.17, 15) is 10.1 Å². The summed E-state index contributed by atoms with van der Waals surface area (Å²) in [7, 11) is 1.87. The highest BCUT2D eigenvalue weighted by Crippen LogP contribution is 2.28. The lowest BCUT2D eigenvalue weighted by Crippen LogP contribution is -2.34. The van der Waals surface area contributed by atoms with E-state index in [0.717, 1.165) is 53.6 Å². The van der Waals surface area contributed by atoms with E-state index in [2.05, 4.69) is 47.0 Å². The fourth-order valence-corrected chi connectivity index (χ4v) is 5.54. The van der Waals surface area contributed by atoms with Gasteiger partial charge in [-0.25, -0.2) is 14.8 Å². The van der Waals surface area contributed by atoms with Crippen LogP contribution in [0, 0.1) is 24.2 Å². The molecule has 46 heavy (non-hydrogen) atoms. The van der Waals surface area contributed by atoms with Gasteiger partial charge in [0, 0.05) is 48.0 Å². The van der Waals surface area contributed by atoms with Gasteiger partial charge in [-0.05, 0) is 50.3 Å². The number of urea groups is 1. The molecule has 2 amide bonds. The number of hydrogen-bond donors (Lipinski definition) is 2. The van der Waals surface area contributed by atoms with Gasteiger partial charge in [0.25, 0.3) is 5.82 Å². The maximum atomic E-state index is 13.5. The van der Waals surface area contributed by atoms with Crippen LogP contribution >= 0.6 is 0 Å². The van der Waals surface area contributed by atoms with Crippen LogP contribution in [0.2, 0.25) is 0 Å². The van der Waals surface area contributed by atoms with Crippen LogP contribution in [0.15, 0.2) is 79.5 Å². The summed E-state index contributed by atoms with van der Waals surface area (Å²) in [6, 6.07) is 17.6. The van der Waals surface area contributed by atoms with Gasteiger partial charge in [0.05, 0.1) is 48.3 Å². The van der Waals surface area contributed by atoms with Crippen molar-refractivity contribution in [3.8, 4) is 28.5 Å². The van der Waals surface area contributed by atoms with E-state index < -0.39 is 0 Å². The Kier molecular flexibility index (Phi) is 9.10. The van der Waals surface area contributed by atoms with Gasteiger partial charge in [0.15, 0.2) is 0 Å². The molecule has 0 saturated heterocycles. The van der Waals surface area contributed by atoms with Crippen molar-refractivity contribution in [1.29, 1.82) is 5.26 Å². The lowest BCUT2D eigenvalue weighted by molar-refractivity contribution is -0.336. The molecule has 2 N–H and O–H groups in total. The molecule has 1 fully saturated rings. The quantitative estimate of drug-likeness (QED) is 0.178. The molecule has 0 bridgehead atoms. The highest BCUT2D eigenvalue weighted by Gasteiger charge is 2.26. The zero-order valence-electron chi connectivity index (χ0n) is 25.7. The second-order valence-electron chi connectivity index (χ2n) is 11.4. The van der Waals surface area contributed by atoms with Crippen molar-refractivity contribution in [3.05, 3.63) is 96.3 Å². The molecule has 1 aromatic carbocycles. The average molecular weight is 613 g/mol. The van der Waals surface area contributed by atoms with Crippen molar-refractivity contribution >= 4 is 24.0 Å². The molecule has 0 spiro atoms. The maximum absolute atomic E-state index is 13.5. The average Bonchev–Trinajstić information content (AvgIpc) is 3.53. The second-order valence-corrected chi connectivity index (χ2v) is 11.4. The van der Waals surface area contributed by atoms with E-state index in [4.69, 9.17) is 0 Å². The first kappa shape index (κ1) is 30.2. The minimum atomic E-state index is -0.231. The van der Waals surface area contributed by atoms with Crippen LogP contribution in [0.5, 0.6) is 0 Å². The lowest BCUT2D eigenvalue weighted by atomic mass is 9.86. The second kappa shape index (κ2) is 13.9. The van der Waals surface area contributed by atoms with E-state index in [1.165, 1.54) is 0 Å². The molecule has 1 saturated carbocycles. The van der Waals surface area contributed by atoms with Crippen molar-refractivity contribution < 1.29 is 9.37 Å². The Morgan fingerprint density at radius 2 is 1.85 bits per heavy atom. The zero-order valence-corrected chi connectivity index (χ0v) is 25.7. The molecular formula is C34H34N11O+. The van der Waals surface area contributed by atoms with Gasteiger partial charge in [-0.3, -0.25) is 10.00 Å². The minimum Gasteiger partial charge on any atom is -0.351 e. The van der Waals surface area contributed by atoms with Gasteiger partial charge in [-0.2, -0.15) is 25.1 Å². The first-order valence-corrected chi connectivity index (χ1v) is 15.2. The fourth-order valence-electron chi connectivity index (χ4n) is 5.54. The number of nitrogens with one attached hydrogen (secondary N) is 2. The number of aromatic nitrogens is 7. The van der Waals surface area contributed by atoms with Gasteiger partial charge in [0.1, 0.15) is 12.3 Å². The Morgan fingerprint density at radius 3 is 2.54 bits per heavy atom. The summed E-state index contributed by atoms with van der Waals surface area (Å²) in [5, 5.41) is 28.4. The molecule has 1 aliphatic rings. The largest absolute Gasteiger partial charge is 0.441 e. The van der Waals surface area contributed by atoms with Crippen LogP contribution in [0.3, 0.4) is 0 Å². The van der Waals surface area contributed by atoms with Crippen molar-refractivity contribution in [2.24, 2.45) is 13.0 Å². The summed E-state index contributed by atoms with van der Waals surface area (Å²) in [5.41, 5.74) is 5.28. The molecule has 1 aliphatic carbocycles. The molecule has 5 aromatic rings. The van der Waals surface area contributed by atoms with Crippen molar-refractivity contribution in [3.63, 3.8) is 0 Å². The van der Waals surface area contributed by atoms with E-state index in [0.29, 0.717) is 29.6 Å². The molecule has 0 radical (unpaired) electrons. The van der Waals surface area contributed by atoms with Crippen LogP contribution in [0.25, 0.3) is 22.4 Å². The number of hydrogen-bond acceptors (Lipinski definition) is 9. The topological polar surface area (TPSA) is 150 Å². The van der Waals surface area contributed by atoms with E-state index >= 15 is 0 Å². The normalized spacial score (nSPS) is 16.4.